The number of carbonyl (C=O) groups excluding carboxylic acids is 2. The number of para-hydroxylation sites is 1. The number of benzene rings is 2. The second-order valence-electron chi connectivity index (χ2n) is 6.44. The molecule has 4 rings (SSSR count). The molecular formula is C21H19NO4. The van der Waals surface area contributed by atoms with Crippen LogP contribution in [0.25, 0.3) is 11.0 Å². The fraction of sp³-hybridized carbons (Fsp3) is 0.238. The maximum Gasteiger partial charge on any atom is 0.374 e. The number of ether oxygens (including phenoxy) is 1. The number of amides is 1. The second-order valence-corrected chi connectivity index (χ2v) is 6.44. The predicted molar refractivity (Wildman–Crippen MR) is 96.8 cm³/mol. The molecule has 1 aliphatic carbocycles. The van der Waals surface area contributed by atoms with E-state index in [9.17, 15) is 9.59 Å². The molecule has 1 unspecified atom stereocenters. The van der Waals surface area contributed by atoms with Gasteiger partial charge in [-0.2, -0.15) is 0 Å². The molecule has 5 heteroatoms. The van der Waals surface area contributed by atoms with Gasteiger partial charge in [0.2, 0.25) is 5.76 Å². The van der Waals surface area contributed by atoms with Crippen molar-refractivity contribution in [2.75, 3.05) is 6.61 Å². The molecule has 0 radical (unpaired) electrons. The Hall–Kier alpha value is -3.08. The van der Waals surface area contributed by atoms with Gasteiger partial charge in [-0.05, 0) is 42.5 Å². The molecule has 3 aromatic rings. The Labute approximate surface area is 150 Å². The number of esters is 1. The lowest BCUT2D eigenvalue weighted by Gasteiger charge is -2.26. The first-order valence-corrected chi connectivity index (χ1v) is 8.73. The average molecular weight is 349 g/mol. The molecule has 1 aromatic heterocycles. The third kappa shape index (κ3) is 3.33. The van der Waals surface area contributed by atoms with E-state index in [1.165, 1.54) is 5.56 Å². The first-order chi connectivity index (χ1) is 12.7. The monoisotopic (exact) mass is 349 g/mol. The number of fused-ring (bicyclic) bond motifs is 2. The molecule has 1 atom stereocenters. The summed E-state index contributed by atoms with van der Waals surface area (Å²) >= 11 is 0. The van der Waals surface area contributed by atoms with Crippen molar-refractivity contribution in [3.63, 3.8) is 0 Å². The van der Waals surface area contributed by atoms with E-state index in [2.05, 4.69) is 11.4 Å². The number of carbonyl (C=O) groups is 2. The third-order valence-corrected chi connectivity index (χ3v) is 4.67. The van der Waals surface area contributed by atoms with Crippen LogP contribution in [0.2, 0.25) is 0 Å². The fourth-order valence-electron chi connectivity index (χ4n) is 3.42. The van der Waals surface area contributed by atoms with Gasteiger partial charge in [-0.15, -0.1) is 0 Å². The van der Waals surface area contributed by atoms with Crippen molar-refractivity contribution in [3.05, 3.63) is 71.5 Å². The van der Waals surface area contributed by atoms with E-state index in [0.29, 0.717) is 5.58 Å². The molecule has 1 N–H and O–H groups in total. The summed E-state index contributed by atoms with van der Waals surface area (Å²) in [5.41, 5.74) is 3.03. The number of nitrogens with one attached hydrogen (secondary N) is 1. The molecule has 5 nitrogen and oxygen atoms in total. The molecule has 1 amide bonds. The first kappa shape index (κ1) is 16.4. The molecule has 0 spiro atoms. The topological polar surface area (TPSA) is 68.5 Å². The Bertz CT molecular complexity index is 926. The lowest BCUT2D eigenvalue weighted by atomic mass is 9.88. The van der Waals surface area contributed by atoms with Crippen LogP contribution in [-0.2, 0) is 16.0 Å². The van der Waals surface area contributed by atoms with Gasteiger partial charge in [0.05, 0.1) is 6.04 Å². The van der Waals surface area contributed by atoms with E-state index in [1.807, 2.05) is 36.4 Å². The molecule has 0 saturated heterocycles. The van der Waals surface area contributed by atoms with Crippen molar-refractivity contribution >= 4 is 22.8 Å². The quantitative estimate of drug-likeness (QED) is 0.728. The van der Waals surface area contributed by atoms with Crippen LogP contribution in [0.1, 0.15) is 40.6 Å². The summed E-state index contributed by atoms with van der Waals surface area (Å²) in [7, 11) is 0. The minimum absolute atomic E-state index is 0.0302. The highest BCUT2D eigenvalue weighted by molar-refractivity contribution is 5.93. The summed E-state index contributed by atoms with van der Waals surface area (Å²) < 4.78 is 10.6. The van der Waals surface area contributed by atoms with Crippen LogP contribution in [0.4, 0.5) is 0 Å². The summed E-state index contributed by atoms with van der Waals surface area (Å²) in [6.07, 6.45) is 2.95. The number of aryl methyl sites for hydroxylation is 1. The smallest absolute Gasteiger partial charge is 0.374 e. The molecule has 0 fully saturated rings. The van der Waals surface area contributed by atoms with Gasteiger partial charge in [-0.3, -0.25) is 4.79 Å². The first-order valence-electron chi connectivity index (χ1n) is 8.73. The standard InChI is InChI=1S/C21H19NO4/c23-20(22-17-10-5-8-14-6-1-3-9-16(14)17)13-25-21(24)19-12-15-7-2-4-11-18(15)26-19/h1-4,6-7,9,11-12,17H,5,8,10,13H2,(H,22,23). The molecule has 26 heavy (non-hydrogen) atoms. The molecule has 0 saturated carbocycles. The Balaban J connectivity index is 1.36. The lowest BCUT2D eigenvalue weighted by Crippen LogP contribution is -2.34. The van der Waals surface area contributed by atoms with Crippen LogP contribution in [0.3, 0.4) is 0 Å². The zero-order valence-corrected chi connectivity index (χ0v) is 14.2. The van der Waals surface area contributed by atoms with Crippen molar-refractivity contribution in [1.82, 2.24) is 5.32 Å². The van der Waals surface area contributed by atoms with E-state index >= 15 is 0 Å². The number of furan rings is 1. The molecule has 2 aromatic carbocycles. The van der Waals surface area contributed by atoms with E-state index in [1.54, 1.807) is 12.1 Å². The molecule has 0 bridgehead atoms. The van der Waals surface area contributed by atoms with Crippen molar-refractivity contribution in [1.29, 1.82) is 0 Å². The molecule has 1 heterocycles. The highest BCUT2D eigenvalue weighted by Crippen LogP contribution is 2.29. The Morgan fingerprint density at radius 2 is 1.92 bits per heavy atom. The molecule has 0 aliphatic heterocycles. The van der Waals surface area contributed by atoms with Gasteiger partial charge >= 0.3 is 5.97 Å². The molecule has 132 valence electrons. The van der Waals surface area contributed by atoms with E-state index in [-0.39, 0.29) is 24.3 Å². The predicted octanol–water partition coefficient (Wildman–Crippen LogP) is 3.78. The van der Waals surface area contributed by atoms with Crippen molar-refractivity contribution in [2.24, 2.45) is 0 Å². The van der Waals surface area contributed by atoms with Crippen molar-refractivity contribution in [2.45, 2.75) is 25.3 Å². The number of hydrogen-bond acceptors (Lipinski definition) is 4. The highest BCUT2D eigenvalue weighted by Gasteiger charge is 2.22. The van der Waals surface area contributed by atoms with Gasteiger partial charge in [0.1, 0.15) is 5.58 Å². The largest absolute Gasteiger partial charge is 0.450 e. The van der Waals surface area contributed by atoms with Crippen LogP contribution < -0.4 is 5.32 Å². The normalized spacial score (nSPS) is 16.1. The zero-order chi connectivity index (χ0) is 17.9. The minimum atomic E-state index is -0.639. The van der Waals surface area contributed by atoms with E-state index in [4.69, 9.17) is 9.15 Å². The fourth-order valence-corrected chi connectivity index (χ4v) is 3.42. The molecule has 1 aliphatic rings. The lowest BCUT2D eigenvalue weighted by molar-refractivity contribution is -0.125. The van der Waals surface area contributed by atoms with Crippen LogP contribution in [-0.4, -0.2) is 18.5 Å². The van der Waals surface area contributed by atoms with Gasteiger partial charge in [0.15, 0.2) is 6.61 Å². The Morgan fingerprint density at radius 3 is 2.81 bits per heavy atom. The minimum Gasteiger partial charge on any atom is -0.450 e. The summed E-state index contributed by atoms with van der Waals surface area (Å²) in [5, 5.41) is 3.78. The average Bonchev–Trinajstić information content (AvgIpc) is 3.11. The van der Waals surface area contributed by atoms with E-state index in [0.717, 1.165) is 30.2 Å². The zero-order valence-electron chi connectivity index (χ0n) is 14.2. The maximum atomic E-state index is 12.2. The van der Waals surface area contributed by atoms with Crippen LogP contribution in [0.5, 0.6) is 0 Å². The van der Waals surface area contributed by atoms with Crippen LogP contribution in [0.15, 0.2) is 59.0 Å². The van der Waals surface area contributed by atoms with Gasteiger partial charge in [0.25, 0.3) is 5.91 Å². The Kier molecular flexibility index (Phi) is 4.44. The van der Waals surface area contributed by atoms with E-state index < -0.39 is 5.97 Å². The second kappa shape index (κ2) is 7.04. The molecular weight excluding hydrogens is 330 g/mol. The number of rotatable bonds is 4. The van der Waals surface area contributed by atoms with Crippen LogP contribution >= 0.6 is 0 Å². The van der Waals surface area contributed by atoms with Crippen molar-refractivity contribution in [3.8, 4) is 0 Å². The summed E-state index contributed by atoms with van der Waals surface area (Å²) in [6.45, 7) is -0.325. The van der Waals surface area contributed by atoms with Gasteiger partial charge in [-0.1, -0.05) is 42.5 Å². The summed E-state index contributed by atoms with van der Waals surface area (Å²) in [5.74, 6) is -0.849. The van der Waals surface area contributed by atoms with Gasteiger partial charge in [-0.25, -0.2) is 4.79 Å². The Morgan fingerprint density at radius 1 is 1.12 bits per heavy atom. The van der Waals surface area contributed by atoms with Gasteiger partial charge < -0.3 is 14.5 Å². The summed E-state index contributed by atoms with van der Waals surface area (Å²) in [6, 6.07) is 17.0. The van der Waals surface area contributed by atoms with Gasteiger partial charge in [0, 0.05) is 5.39 Å². The van der Waals surface area contributed by atoms with Crippen molar-refractivity contribution < 1.29 is 18.7 Å². The SMILES string of the molecule is O=C(COC(=O)c1cc2ccccc2o1)NC1CCCc2ccccc21. The highest BCUT2D eigenvalue weighted by atomic mass is 16.5. The third-order valence-electron chi connectivity index (χ3n) is 4.67. The maximum absolute atomic E-state index is 12.2. The number of hydrogen-bond donors (Lipinski definition) is 1. The van der Waals surface area contributed by atoms with Crippen LogP contribution in [0, 0.1) is 0 Å². The summed E-state index contributed by atoms with van der Waals surface area (Å²) in [4.78, 5) is 24.3.